The third-order valence-corrected chi connectivity index (χ3v) is 10.5. The molecule has 5 rings (SSSR count). The van der Waals surface area contributed by atoms with Gasteiger partial charge in [0.15, 0.2) is 0 Å². The van der Waals surface area contributed by atoms with Crippen molar-refractivity contribution < 1.29 is 41.8 Å². The van der Waals surface area contributed by atoms with E-state index >= 15 is 0 Å². The van der Waals surface area contributed by atoms with Crippen LogP contribution in [0.25, 0.3) is 10.8 Å². The molecule has 1 saturated heterocycles. The minimum Gasteiger partial charge on any atom is -0.497 e. The number of alkyl carbamates (subject to hydrolysis) is 1. The Kier molecular flexibility index (Phi) is 10.8. The van der Waals surface area contributed by atoms with E-state index in [1.54, 1.807) is 79.1 Å². The summed E-state index contributed by atoms with van der Waals surface area (Å²) in [5, 5.41) is 6.94. The van der Waals surface area contributed by atoms with Crippen LogP contribution in [0.4, 0.5) is 4.79 Å². The third-order valence-electron chi connectivity index (χ3n) is 9.17. The van der Waals surface area contributed by atoms with E-state index in [-0.39, 0.29) is 30.2 Å². The summed E-state index contributed by atoms with van der Waals surface area (Å²) in [4.78, 5) is 61.0. The minimum absolute atomic E-state index is 0.00609. The Bertz CT molecular complexity index is 2010. The van der Waals surface area contributed by atoms with Crippen LogP contribution in [0.5, 0.6) is 11.6 Å². The number of sulfonamides is 1. The number of nitrogens with one attached hydrogen (secondary N) is 3. The summed E-state index contributed by atoms with van der Waals surface area (Å²) in [5.74, 6) is -1.88. The number of rotatable bonds is 11. The first kappa shape index (κ1) is 39.0. The molecule has 0 bridgehead atoms. The average Bonchev–Trinajstić information content (AvgIpc) is 3.64. The molecule has 1 aliphatic carbocycles. The maximum atomic E-state index is 14.5. The van der Waals surface area contributed by atoms with Gasteiger partial charge in [-0.25, -0.2) is 22.9 Å². The molecule has 5 atom stereocenters. The molecule has 2 aromatic carbocycles. The molecule has 1 aliphatic heterocycles. The first-order valence-corrected chi connectivity index (χ1v) is 18.7. The van der Waals surface area contributed by atoms with Crippen molar-refractivity contribution in [3.05, 3.63) is 73.4 Å². The number of carbonyl (C=O) groups is 4. The smallest absolute Gasteiger partial charge is 0.408 e. The van der Waals surface area contributed by atoms with E-state index in [2.05, 4.69) is 26.9 Å². The summed E-state index contributed by atoms with van der Waals surface area (Å²) in [7, 11) is -2.71. The second-order valence-electron chi connectivity index (χ2n) is 15.4. The Morgan fingerprint density at radius 1 is 1.04 bits per heavy atom. The summed E-state index contributed by atoms with van der Waals surface area (Å²) in [6.07, 6.45) is 1.58. The average molecular weight is 750 g/mol. The number of aromatic nitrogens is 1. The van der Waals surface area contributed by atoms with Gasteiger partial charge in [0, 0.05) is 23.9 Å². The fraction of sp³-hybridized carbons (Fsp3) is 0.447. The molecule has 0 spiro atoms. The first-order valence-electron chi connectivity index (χ1n) is 17.2. The summed E-state index contributed by atoms with van der Waals surface area (Å²) < 4.78 is 45.5. The molecule has 0 radical (unpaired) electrons. The van der Waals surface area contributed by atoms with Crippen molar-refractivity contribution in [2.24, 2.45) is 11.3 Å². The third kappa shape index (κ3) is 8.73. The van der Waals surface area contributed by atoms with Crippen LogP contribution in [0, 0.1) is 11.3 Å². The largest absolute Gasteiger partial charge is 0.497 e. The number of carbonyl (C=O) groups excluding carboxylic acids is 4. The maximum absolute atomic E-state index is 14.5. The number of nitrogens with zero attached hydrogens (tertiary/aromatic N) is 2. The molecular formula is C38H47N5O9S. The predicted molar refractivity (Wildman–Crippen MR) is 196 cm³/mol. The monoisotopic (exact) mass is 749 g/mol. The van der Waals surface area contributed by atoms with Crippen LogP contribution >= 0.6 is 0 Å². The Hall–Kier alpha value is -5.18. The van der Waals surface area contributed by atoms with Crippen molar-refractivity contribution in [1.29, 1.82) is 0 Å². The highest BCUT2D eigenvalue weighted by atomic mass is 32.2. The van der Waals surface area contributed by atoms with Gasteiger partial charge in [0.25, 0.3) is 15.9 Å². The molecule has 3 aromatic rings. The second kappa shape index (κ2) is 14.7. The summed E-state index contributed by atoms with van der Waals surface area (Å²) in [6.45, 7) is 14.1. The molecule has 284 valence electrons. The molecular weight excluding hydrogens is 703 g/mol. The number of pyridine rings is 1. The number of methoxy groups -OCH3 is 1. The Morgan fingerprint density at radius 3 is 2.34 bits per heavy atom. The highest BCUT2D eigenvalue weighted by molar-refractivity contribution is 7.90. The molecule has 2 heterocycles. The molecule has 14 nitrogen and oxygen atoms in total. The summed E-state index contributed by atoms with van der Waals surface area (Å²) in [6, 6.07) is 12.3. The predicted octanol–water partition coefficient (Wildman–Crippen LogP) is 4.10. The fourth-order valence-corrected chi connectivity index (χ4v) is 7.39. The summed E-state index contributed by atoms with van der Waals surface area (Å²) in [5.41, 5.74) is -3.31. The lowest BCUT2D eigenvalue weighted by Gasteiger charge is -2.36. The number of benzene rings is 2. The molecule has 3 N–H and O–H groups in total. The van der Waals surface area contributed by atoms with E-state index in [0.717, 1.165) is 5.39 Å². The molecule has 2 aliphatic rings. The first-order chi connectivity index (χ1) is 24.8. The van der Waals surface area contributed by atoms with Gasteiger partial charge >= 0.3 is 6.09 Å². The minimum atomic E-state index is -4.27. The van der Waals surface area contributed by atoms with Gasteiger partial charge in [0.05, 0.1) is 18.6 Å². The molecule has 15 heteroatoms. The molecule has 1 saturated carbocycles. The fourth-order valence-electron chi connectivity index (χ4n) is 6.33. The number of ether oxygens (including phenoxy) is 3. The molecule has 53 heavy (non-hydrogen) atoms. The number of fused-ring (bicyclic) bond motifs is 1. The Balaban J connectivity index is 1.45. The van der Waals surface area contributed by atoms with Crippen LogP contribution in [0.3, 0.4) is 0 Å². The van der Waals surface area contributed by atoms with Crippen LogP contribution in [-0.4, -0.2) is 85.1 Å². The van der Waals surface area contributed by atoms with Crippen LogP contribution in [0.15, 0.2) is 78.3 Å². The normalized spacial score (nSPS) is 21.9. The maximum Gasteiger partial charge on any atom is 0.408 e. The van der Waals surface area contributed by atoms with E-state index in [1.807, 2.05) is 6.07 Å². The van der Waals surface area contributed by atoms with E-state index < -0.39 is 74.5 Å². The number of hydrogen-bond acceptors (Lipinski definition) is 10. The van der Waals surface area contributed by atoms with Crippen molar-refractivity contribution >= 4 is 44.6 Å². The van der Waals surface area contributed by atoms with Crippen molar-refractivity contribution in [2.45, 2.75) is 88.6 Å². The topological polar surface area (TPSA) is 182 Å². The highest BCUT2D eigenvalue weighted by Crippen LogP contribution is 2.45. The van der Waals surface area contributed by atoms with E-state index in [1.165, 1.54) is 35.2 Å². The van der Waals surface area contributed by atoms with Gasteiger partial charge in [-0.1, -0.05) is 45.0 Å². The van der Waals surface area contributed by atoms with E-state index in [4.69, 9.17) is 14.2 Å². The summed E-state index contributed by atoms with van der Waals surface area (Å²) >= 11 is 0. The van der Waals surface area contributed by atoms with Crippen LogP contribution in [-0.2, 0) is 29.1 Å². The standard InChI is InChI=1S/C38H47N5O9S/c1-9-24-21-38(24,34(46)42-53(48,49)27-13-11-10-12-14-27)41-31(44)29-20-26(51-32-28-16-15-25(50-8)19-23(28)17-18-39-32)22-43(29)33(45)30(36(2,3)4)40-35(47)52-37(5,6)7/h9-19,24,26,29-30H,1,20-22H2,2-8H3,(H,40,47)(H,41,44)(H,42,46)/t24-,26-,29+,30-,38-/m1/s1. The van der Waals surface area contributed by atoms with Gasteiger partial charge in [-0.2, -0.15) is 0 Å². The Labute approximate surface area is 309 Å². The van der Waals surface area contributed by atoms with Gasteiger partial charge in [-0.15, -0.1) is 6.58 Å². The lowest BCUT2D eigenvalue weighted by molar-refractivity contribution is -0.143. The van der Waals surface area contributed by atoms with Crippen LogP contribution < -0.4 is 24.8 Å². The molecule has 1 aromatic heterocycles. The number of hydrogen-bond donors (Lipinski definition) is 3. The molecule has 0 unspecified atom stereocenters. The second-order valence-corrected chi connectivity index (χ2v) is 17.1. The molecule has 4 amide bonds. The van der Waals surface area contributed by atoms with Crippen molar-refractivity contribution in [3.8, 4) is 11.6 Å². The van der Waals surface area contributed by atoms with Gasteiger partial charge in [0.1, 0.15) is 35.1 Å². The zero-order valence-corrected chi connectivity index (χ0v) is 31.8. The van der Waals surface area contributed by atoms with Gasteiger partial charge in [0.2, 0.25) is 17.7 Å². The van der Waals surface area contributed by atoms with Crippen molar-refractivity contribution in [3.63, 3.8) is 0 Å². The van der Waals surface area contributed by atoms with Gasteiger partial charge < -0.3 is 29.7 Å². The van der Waals surface area contributed by atoms with Crippen LogP contribution in [0.2, 0.25) is 0 Å². The zero-order valence-electron chi connectivity index (χ0n) is 31.0. The van der Waals surface area contributed by atoms with Crippen molar-refractivity contribution in [2.75, 3.05) is 13.7 Å². The quantitative estimate of drug-likeness (QED) is 0.242. The zero-order chi connectivity index (χ0) is 38.9. The van der Waals surface area contributed by atoms with Crippen molar-refractivity contribution in [1.82, 2.24) is 25.2 Å². The number of amides is 4. The van der Waals surface area contributed by atoms with Crippen LogP contribution in [0.1, 0.15) is 54.4 Å². The lowest BCUT2D eigenvalue weighted by Crippen LogP contribution is -2.60. The van der Waals surface area contributed by atoms with E-state index in [9.17, 15) is 27.6 Å². The SMILES string of the molecule is C=C[C@@H]1C[C@]1(NC(=O)[C@@H]1C[C@@H](Oc2nccc3cc(OC)ccc23)CN1C(=O)[C@@H](NC(=O)OC(C)(C)C)C(C)(C)C)C(=O)NS(=O)(=O)c1ccccc1. The van der Waals surface area contributed by atoms with E-state index in [0.29, 0.717) is 11.1 Å². The molecule has 2 fully saturated rings. The highest BCUT2D eigenvalue weighted by Gasteiger charge is 2.61. The van der Waals surface area contributed by atoms with Gasteiger partial charge in [-0.05, 0) is 74.4 Å². The number of likely N-dealkylation sites (tertiary alicyclic amines) is 1. The van der Waals surface area contributed by atoms with Gasteiger partial charge in [-0.3, -0.25) is 14.4 Å². The lowest BCUT2D eigenvalue weighted by atomic mass is 9.85. The Morgan fingerprint density at radius 2 is 1.74 bits per heavy atom.